The van der Waals surface area contributed by atoms with Gasteiger partial charge in [-0.2, -0.15) is 4.99 Å². The molecule has 15 heavy (non-hydrogen) atoms. The van der Waals surface area contributed by atoms with Gasteiger partial charge in [-0.1, -0.05) is 11.6 Å². The Bertz CT molecular complexity index is 462. The predicted molar refractivity (Wildman–Crippen MR) is 55.2 cm³/mol. The maximum atomic E-state index is 13.6. The van der Waals surface area contributed by atoms with Gasteiger partial charge in [-0.05, 0) is 37.5 Å². The lowest BCUT2D eigenvalue weighted by atomic mass is 10.0. The summed E-state index contributed by atoms with van der Waals surface area (Å²) >= 11 is 5.91. The van der Waals surface area contributed by atoms with Gasteiger partial charge in [-0.15, -0.1) is 0 Å². The van der Waals surface area contributed by atoms with E-state index < -0.39 is 5.54 Å². The Morgan fingerprint density at radius 3 is 2.73 bits per heavy atom. The summed E-state index contributed by atoms with van der Waals surface area (Å²) in [4.78, 5) is 13.9. The molecule has 1 aromatic rings. The van der Waals surface area contributed by atoms with Crippen molar-refractivity contribution in [3.63, 3.8) is 0 Å². The van der Waals surface area contributed by atoms with Crippen LogP contribution in [0.15, 0.2) is 17.1 Å². The van der Waals surface area contributed by atoms with Crippen LogP contribution in [0.1, 0.15) is 24.0 Å². The quantitative estimate of drug-likeness (QED) is 0.562. The maximum Gasteiger partial charge on any atom is 0.235 e. The van der Waals surface area contributed by atoms with Crippen LogP contribution in [0.2, 0.25) is 5.02 Å². The number of carbonyl (C=O) groups excluding carboxylic acids is 1. The smallest absolute Gasteiger partial charge is 0.211 e. The van der Waals surface area contributed by atoms with E-state index in [0.29, 0.717) is 29.0 Å². The first-order valence-electron chi connectivity index (χ1n) is 4.64. The Kier molecular flexibility index (Phi) is 2.37. The predicted octanol–water partition coefficient (Wildman–Crippen LogP) is 3.11. The van der Waals surface area contributed by atoms with Crippen molar-refractivity contribution < 1.29 is 9.18 Å². The molecule has 0 bridgehead atoms. The molecule has 0 saturated heterocycles. The Hall–Kier alpha value is -1.18. The molecule has 1 aliphatic carbocycles. The second kappa shape index (κ2) is 3.44. The van der Waals surface area contributed by atoms with Crippen molar-refractivity contribution in [2.75, 3.05) is 0 Å². The SMILES string of the molecule is Cc1cc(F)c(C2(N=C=O)CC2)cc1Cl. The molecule has 0 radical (unpaired) electrons. The Morgan fingerprint density at radius 2 is 2.20 bits per heavy atom. The molecule has 4 heteroatoms. The lowest BCUT2D eigenvalue weighted by molar-refractivity contribution is 0.547. The summed E-state index contributed by atoms with van der Waals surface area (Å²) in [7, 11) is 0. The van der Waals surface area contributed by atoms with Crippen LogP contribution in [0, 0.1) is 12.7 Å². The van der Waals surface area contributed by atoms with Crippen molar-refractivity contribution in [3.8, 4) is 0 Å². The number of aryl methyl sites for hydroxylation is 1. The number of isocyanates is 1. The van der Waals surface area contributed by atoms with E-state index in [9.17, 15) is 9.18 Å². The fourth-order valence-electron chi connectivity index (χ4n) is 1.65. The molecular weight excluding hydrogens is 217 g/mol. The molecule has 1 saturated carbocycles. The molecule has 2 nitrogen and oxygen atoms in total. The third-order valence-corrected chi connectivity index (χ3v) is 3.14. The minimum atomic E-state index is -0.691. The summed E-state index contributed by atoms with van der Waals surface area (Å²) in [6.45, 7) is 1.73. The highest BCUT2D eigenvalue weighted by Gasteiger charge is 2.46. The molecule has 0 aromatic heterocycles. The number of halogens is 2. The molecule has 2 rings (SSSR count). The van der Waals surface area contributed by atoms with Crippen molar-refractivity contribution in [1.82, 2.24) is 0 Å². The van der Waals surface area contributed by atoms with Crippen LogP contribution in [0.25, 0.3) is 0 Å². The highest BCUT2D eigenvalue weighted by Crippen LogP contribution is 2.50. The van der Waals surface area contributed by atoms with Crippen LogP contribution in [-0.4, -0.2) is 6.08 Å². The van der Waals surface area contributed by atoms with Gasteiger partial charge in [-0.25, -0.2) is 9.18 Å². The normalized spacial score (nSPS) is 17.0. The molecule has 1 aliphatic rings. The highest BCUT2D eigenvalue weighted by atomic mass is 35.5. The zero-order valence-corrected chi connectivity index (χ0v) is 8.94. The van der Waals surface area contributed by atoms with E-state index in [1.54, 1.807) is 13.0 Å². The number of hydrogen-bond donors (Lipinski definition) is 0. The van der Waals surface area contributed by atoms with Gasteiger partial charge >= 0.3 is 0 Å². The van der Waals surface area contributed by atoms with Gasteiger partial charge in [0, 0.05) is 10.6 Å². The molecule has 0 N–H and O–H groups in total. The summed E-state index contributed by atoms with van der Waals surface area (Å²) in [5, 5.41) is 0.499. The summed E-state index contributed by atoms with van der Waals surface area (Å²) in [5.41, 5.74) is 0.397. The fourth-order valence-corrected chi connectivity index (χ4v) is 1.81. The average molecular weight is 226 g/mol. The van der Waals surface area contributed by atoms with E-state index in [-0.39, 0.29) is 5.82 Å². The van der Waals surface area contributed by atoms with Crippen LogP contribution in [0.5, 0.6) is 0 Å². The van der Waals surface area contributed by atoms with E-state index in [0.717, 1.165) is 0 Å². The maximum absolute atomic E-state index is 13.6. The van der Waals surface area contributed by atoms with Crippen molar-refractivity contribution >= 4 is 17.7 Å². The summed E-state index contributed by atoms with van der Waals surface area (Å²) in [6, 6.07) is 2.93. The third-order valence-electron chi connectivity index (χ3n) is 2.73. The molecular formula is C11H9ClFNO. The fraction of sp³-hybridized carbons (Fsp3) is 0.364. The van der Waals surface area contributed by atoms with Gasteiger partial charge in [0.1, 0.15) is 11.4 Å². The zero-order valence-electron chi connectivity index (χ0n) is 8.18. The van der Waals surface area contributed by atoms with E-state index in [2.05, 4.69) is 4.99 Å². The van der Waals surface area contributed by atoms with E-state index >= 15 is 0 Å². The molecule has 1 aromatic carbocycles. The van der Waals surface area contributed by atoms with E-state index in [1.807, 2.05) is 0 Å². The number of hydrogen-bond acceptors (Lipinski definition) is 2. The van der Waals surface area contributed by atoms with Crippen molar-refractivity contribution in [2.24, 2.45) is 4.99 Å². The lowest BCUT2D eigenvalue weighted by Gasteiger charge is -2.11. The summed E-state index contributed by atoms with van der Waals surface area (Å²) in [6.07, 6.45) is 2.85. The average Bonchev–Trinajstić information content (AvgIpc) is 2.93. The second-order valence-electron chi connectivity index (χ2n) is 3.82. The first-order valence-corrected chi connectivity index (χ1v) is 5.02. The molecule has 0 heterocycles. The Balaban J connectivity index is 2.54. The van der Waals surface area contributed by atoms with Gasteiger partial charge < -0.3 is 0 Å². The van der Waals surface area contributed by atoms with Crippen LogP contribution in [0.3, 0.4) is 0 Å². The van der Waals surface area contributed by atoms with E-state index in [1.165, 1.54) is 12.1 Å². The lowest BCUT2D eigenvalue weighted by Crippen LogP contribution is -2.06. The molecule has 0 aliphatic heterocycles. The number of benzene rings is 1. The number of nitrogens with zero attached hydrogens (tertiary/aromatic N) is 1. The van der Waals surface area contributed by atoms with Gasteiger partial charge in [0.2, 0.25) is 6.08 Å². The number of aliphatic imine (C=N–C) groups is 1. The van der Waals surface area contributed by atoms with Crippen LogP contribution in [0.4, 0.5) is 4.39 Å². The van der Waals surface area contributed by atoms with Gasteiger partial charge in [0.25, 0.3) is 0 Å². The third kappa shape index (κ3) is 1.69. The summed E-state index contributed by atoms with van der Waals surface area (Å²) < 4.78 is 13.6. The topological polar surface area (TPSA) is 29.4 Å². The Morgan fingerprint density at radius 1 is 1.53 bits per heavy atom. The van der Waals surface area contributed by atoms with Crippen molar-refractivity contribution in [2.45, 2.75) is 25.3 Å². The van der Waals surface area contributed by atoms with Crippen molar-refractivity contribution in [3.05, 3.63) is 34.1 Å². The van der Waals surface area contributed by atoms with Crippen LogP contribution in [-0.2, 0) is 10.3 Å². The minimum Gasteiger partial charge on any atom is -0.211 e. The molecule has 1 fully saturated rings. The first kappa shape index (κ1) is 10.3. The molecule has 0 spiro atoms. The standard InChI is InChI=1S/C11H9ClFNO/c1-7-4-10(13)8(5-9(7)12)11(2-3-11)14-6-15/h4-5H,2-3H2,1H3. The number of rotatable bonds is 2. The molecule has 78 valence electrons. The first-order chi connectivity index (χ1) is 7.09. The zero-order chi connectivity index (χ0) is 11.1. The summed E-state index contributed by atoms with van der Waals surface area (Å²) in [5.74, 6) is -0.353. The monoisotopic (exact) mass is 225 g/mol. The highest BCUT2D eigenvalue weighted by molar-refractivity contribution is 6.31. The minimum absolute atomic E-state index is 0.353. The Labute approximate surface area is 91.8 Å². The van der Waals surface area contributed by atoms with Crippen LogP contribution < -0.4 is 0 Å². The second-order valence-corrected chi connectivity index (χ2v) is 4.22. The van der Waals surface area contributed by atoms with E-state index in [4.69, 9.17) is 11.6 Å². The van der Waals surface area contributed by atoms with Gasteiger partial charge in [0.15, 0.2) is 0 Å². The van der Waals surface area contributed by atoms with Crippen LogP contribution >= 0.6 is 11.6 Å². The van der Waals surface area contributed by atoms with Crippen molar-refractivity contribution in [1.29, 1.82) is 0 Å². The van der Waals surface area contributed by atoms with Gasteiger partial charge in [0.05, 0.1) is 0 Å². The largest absolute Gasteiger partial charge is 0.235 e. The van der Waals surface area contributed by atoms with Gasteiger partial charge in [-0.3, -0.25) is 0 Å². The molecule has 0 amide bonds. The molecule has 0 unspecified atom stereocenters. The molecule has 0 atom stereocenters.